The van der Waals surface area contributed by atoms with Gasteiger partial charge in [0.15, 0.2) is 0 Å². The van der Waals surface area contributed by atoms with Gasteiger partial charge in [0.2, 0.25) is 0 Å². The zero-order valence-electron chi connectivity index (χ0n) is 81.7. The zero-order chi connectivity index (χ0) is 88.2. The maximum Gasteiger partial charge on any atom is 0.317 e. The molecule has 0 aromatic heterocycles. The van der Waals surface area contributed by atoms with Crippen LogP contribution < -0.4 is 0 Å². The molecule has 13 nitrogen and oxygen atoms in total. The highest BCUT2D eigenvalue weighted by Gasteiger charge is 2.62. The van der Waals surface area contributed by atoms with Crippen LogP contribution in [0.15, 0.2) is 0 Å². The average molecular weight is 1740 g/mol. The maximum atomic E-state index is 11.4. The molecule has 17 aliphatic carbocycles. The van der Waals surface area contributed by atoms with Crippen LogP contribution in [0.25, 0.3) is 0 Å². The Balaban J connectivity index is -0.000000162. The average Bonchev–Trinajstić information content (AvgIpc) is 1.56. The van der Waals surface area contributed by atoms with E-state index in [-0.39, 0.29) is 143 Å². The fourth-order valence-corrected chi connectivity index (χ4v) is 24.6. The molecule has 736 valence electrons. The largest absolute Gasteiger partial charge is 0.465 e. The first-order valence-corrected chi connectivity index (χ1v) is 51.1. The molecule has 24 aliphatic rings. The van der Waals surface area contributed by atoms with E-state index in [2.05, 4.69) is 9.47 Å². The number of hydrogen-bond donors (Lipinski definition) is 0. The molecule has 13 heteroatoms. The van der Waals surface area contributed by atoms with E-state index in [1.165, 1.54) is 130 Å². The summed E-state index contributed by atoms with van der Waals surface area (Å²) in [4.78, 5) is 77.5. The van der Waals surface area contributed by atoms with Crippen molar-refractivity contribution in [3.63, 3.8) is 0 Å². The van der Waals surface area contributed by atoms with Gasteiger partial charge in [0.25, 0.3) is 0 Å². The maximum absolute atomic E-state index is 11.4. The molecule has 0 aromatic carbocycles. The van der Waals surface area contributed by atoms with E-state index >= 15 is 0 Å². The summed E-state index contributed by atoms with van der Waals surface area (Å²) in [7, 11) is 0. The van der Waals surface area contributed by atoms with Crippen LogP contribution >= 0.6 is 0 Å². The topological polar surface area (TPSA) is 175 Å². The summed E-state index contributed by atoms with van der Waals surface area (Å²) in [6.45, 7) is 65.0. The van der Waals surface area contributed by atoms with Crippen LogP contribution in [0.4, 0.5) is 0 Å². The molecule has 0 spiro atoms. The SMILES string of the molecule is C.C.C.C.C.C.C.C1C2CC3CC1CC(C2)C3.C1CC2CC1C1C3CCC(C3)C21.C1CCCCC1.CC.CC.CC.CC.CC.CC.CC.CC.CC.CC.CC.CC.CC.CC.CC.CC.O=C1CC2C(=O)OCC2O1.O=C1OC(=O)C2C3CCC(C3)C12.O=C1OC2CC3CC(C2)CC1C3.O=C1OC2CC3CC1C2C3.O=C1OCC2C3CCC(C3)C12. The van der Waals surface area contributed by atoms with Crippen molar-refractivity contribution in [2.24, 2.45) is 148 Å². The Morgan fingerprint density at radius 1 is 0.230 bits per heavy atom. The molecular formula is C109H222O13. The first-order valence-electron chi connectivity index (χ1n) is 51.1. The standard InChI is InChI=1S/C12H18.C10H14O2.C10H16.C9H10O3.C9H12O2.C8H10O2.C6H6O4.C6H12.16C2H6.7CH4/c1-2-8-5-7(1)11-9-3-4-10(6-9)12(8)11;11-10-8-2-6-1-7(3-8)5-9(4-6)12-10;1-7-2-9-4-8(1)5-10(3-7)6-9;10-8-6-4-1-2-5(3-4)7(6)9(11)12-8;10-9-8-6-2-1-5(3-6)7(8)4-11-9;9-8-6-2-4-1-5(6)7(3-4)10-8;7-5-1-3-4(10-5)2-9-6(3)8;1-2-4-6-5-3-1;16*1-2;;;;;;;/h7-12H,1-6H2;6-9H,1-5H2;7-10H,1-6H2;4-7H,1-3H2;5-8H,1-4H2;4-7H,1-3H2;3-4H,1-2H2;1-6H2;16*1-2H3;7*1H4. The lowest BCUT2D eigenvalue weighted by Gasteiger charge is -2.49. The second-order valence-electron chi connectivity index (χ2n) is 32.1. The van der Waals surface area contributed by atoms with E-state index in [1.807, 2.05) is 222 Å². The lowest BCUT2D eigenvalue weighted by Crippen LogP contribution is -2.38. The van der Waals surface area contributed by atoms with Gasteiger partial charge in [-0.15, -0.1) is 0 Å². The Labute approximate surface area is 764 Å². The Kier molecular flexibility index (Phi) is 87.8. The van der Waals surface area contributed by atoms with Gasteiger partial charge in [-0.3, -0.25) is 33.6 Å². The van der Waals surface area contributed by atoms with Crippen LogP contribution in [0.3, 0.4) is 0 Å². The second kappa shape index (κ2) is 78.5. The van der Waals surface area contributed by atoms with Gasteiger partial charge < -0.3 is 28.4 Å². The van der Waals surface area contributed by atoms with E-state index in [0.29, 0.717) is 47.5 Å². The molecule has 24 fully saturated rings. The van der Waals surface area contributed by atoms with Gasteiger partial charge in [0, 0.05) is 11.8 Å². The van der Waals surface area contributed by atoms with Gasteiger partial charge in [-0.2, -0.15) is 0 Å². The minimum Gasteiger partial charge on any atom is -0.465 e. The molecule has 20 atom stereocenters. The van der Waals surface area contributed by atoms with Crippen LogP contribution in [0.2, 0.25) is 0 Å². The van der Waals surface area contributed by atoms with Gasteiger partial charge in [-0.1, -0.05) is 312 Å². The van der Waals surface area contributed by atoms with E-state index in [4.69, 9.17) is 18.9 Å². The lowest BCUT2D eigenvalue weighted by molar-refractivity contribution is -0.155. The van der Waals surface area contributed by atoms with Crippen molar-refractivity contribution in [1.82, 2.24) is 0 Å². The fourth-order valence-electron chi connectivity index (χ4n) is 24.6. The van der Waals surface area contributed by atoms with E-state index < -0.39 is 0 Å². The lowest BCUT2D eigenvalue weighted by atomic mass is 9.56. The number of ether oxygens (including phenoxy) is 6. The molecule has 0 N–H and O–H groups in total. The van der Waals surface area contributed by atoms with Crippen LogP contribution in [-0.2, 0) is 62.0 Å². The number of rotatable bonds is 0. The number of fused-ring (bicyclic) bond motifs is 22. The number of esters is 7. The highest BCUT2D eigenvalue weighted by atomic mass is 16.6. The van der Waals surface area contributed by atoms with Crippen molar-refractivity contribution in [3.8, 4) is 0 Å². The summed E-state index contributed by atoms with van der Waals surface area (Å²) in [5, 5.41) is 0. The van der Waals surface area contributed by atoms with E-state index in [0.717, 1.165) is 88.1 Å². The van der Waals surface area contributed by atoms with Crippen molar-refractivity contribution in [2.75, 3.05) is 13.2 Å². The second-order valence-corrected chi connectivity index (χ2v) is 32.1. The Bertz CT molecular complexity index is 2340. The van der Waals surface area contributed by atoms with Gasteiger partial charge >= 0.3 is 41.8 Å². The van der Waals surface area contributed by atoms with Crippen molar-refractivity contribution in [3.05, 3.63) is 0 Å². The monoisotopic (exact) mass is 1740 g/mol. The summed E-state index contributed by atoms with van der Waals surface area (Å²) < 4.78 is 29.7. The molecule has 7 heterocycles. The van der Waals surface area contributed by atoms with E-state index in [9.17, 15) is 33.6 Å². The minimum absolute atomic E-state index is 0. The number of cyclic esters (lactones) is 4. The summed E-state index contributed by atoms with van der Waals surface area (Å²) in [6, 6.07) is 0. The van der Waals surface area contributed by atoms with Crippen molar-refractivity contribution >= 4 is 41.8 Å². The molecule has 17 saturated carbocycles. The number of hydrogen-bond acceptors (Lipinski definition) is 13. The van der Waals surface area contributed by atoms with Gasteiger partial charge in [-0.05, 0) is 268 Å². The van der Waals surface area contributed by atoms with Crippen molar-refractivity contribution < 1.29 is 62.0 Å². The molecule has 20 unspecified atom stereocenters. The first kappa shape index (κ1) is 136. The number of carbonyl (C=O) groups is 7. The molecule has 7 aliphatic heterocycles. The molecule has 0 amide bonds. The molecule has 18 bridgehead atoms. The quantitative estimate of drug-likeness (QED) is 0.0970. The number of carbonyl (C=O) groups excluding carboxylic acids is 7. The molecule has 24 rings (SSSR count). The zero-order valence-corrected chi connectivity index (χ0v) is 81.7. The van der Waals surface area contributed by atoms with Crippen LogP contribution in [0.5, 0.6) is 0 Å². The van der Waals surface area contributed by atoms with Crippen LogP contribution in [0, 0.1) is 148 Å². The minimum atomic E-state index is -0.313. The first-order chi connectivity index (χ1) is 56.4. The van der Waals surface area contributed by atoms with Crippen molar-refractivity contribution in [2.45, 2.75) is 504 Å². The third-order valence-corrected chi connectivity index (χ3v) is 27.4. The smallest absolute Gasteiger partial charge is 0.317 e. The predicted molar refractivity (Wildman–Crippen MR) is 531 cm³/mol. The Morgan fingerprint density at radius 3 is 0.877 bits per heavy atom. The van der Waals surface area contributed by atoms with Crippen molar-refractivity contribution in [1.29, 1.82) is 0 Å². The summed E-state index contributed by atoms with van der Waals surface area (Å²) in [6.07, 6.45) is 45.6. The highest BCUT2D eigenvalue weighted by molar-refractivity contribution is 5.97. The molecule has 122 heavy (non-hydrogen) atoms. The van der Waals surface area contributed by atoms with Crippen LogP contribution in [0.1, 0.15) is 485 Å². The molecule has 0 radical (unpaired) electrons. The summed E-state index contributed by atoms with van der Waals surface area (Å²) in [5.74, 6) is 17.8. The Morgan fingerprint density at radius 2 is 0.541 bits per heavy atom. The van der Waals surface area contributed by atoms with Crippen LogP contribution in [-0.4, -0.2) is 73.3 Å². The molecular weight excluding hydrogens is 1520 g/mol. The fraction of sp³-hybridized carbons (Fsp3) is 0.936. The molecule has 0 aromatic rings. The van der Waals surface area contributed by atoms with E-state index in [1.54, 1.807) is 77.0 Å². The predicted octanol–water partition coefficient (Wildman–Crippen LogP) is 33.2. The van der Waals surface area contributed by atoms with Gasteiger partial charge in [0.05, 0.1) is 42.6 Å². The summed E-state index contributed by atoms with van der Waals surface area (Å²) >= 11 is 0. The van der Waals surface area contributed by atoms with Gasteiger partial charge in [-0.25, -0.2) is 0 Å². The molecule has 7 saturated heterocycles. The highest BCUT2D eigenvalue weighted by Crippen LogP contribution is 2.67. The third-order valence-electron chi connectivity index (χ3n) is 27.4. The van der Waals surface area contributed by atoms with Gasteiger partial charge in [0.1, 0.15) is 30.8 Å². The summed E-state index contributed by atoms with van der Waals surface area (Å²) in [5.41, 5.74) is 0. The normalized spacial score (nSPS) is 35.4. The Hall–Kier alpha value is -3.51. The third kappa shape index (κ3) is 37.2.